The van der Waals surface area contributed by atoms with Gasteiger partial charge in [-0.1, -0.05) is 6.07 Å². The third-order valence-corrected chi connectivity index (χ3v) is 3.60. The van der Waals surface area contributed by atoms with Crippen LogP contribution in [0.3, 0.4) is 0 Å². The van der Waals surface area contributed by atoms with E-state index >= 15 is 0 Å². The van der Waals surface area contributed by atoms with Gasteiger partial charge < -0.3 is 9.73 Å². The summed E-state index contributed by atoms with van der Waals surface area (Å²) < 4.78 is 33.7. The van der Waals surface area contributed by atoms with E-state index in [9.17, 15) is 8.78 Å². The molecule has 114 valence electrons. The Labute approximate surface area is 128 Å². The van der Waals surface area contributed by atoms with Crippen molar-refractivity contribution in [1.82, 2.24) is 10.2 Å². The van der Waals surface area contributed by atoms with E-state index in [-0.39, 0.29) is 18.0 Å². The molecule has 2 heterocycles. The van der Waals surface area contributed by atoms with Crippen LogP contribution in [0.15, 0.2) is 41.0 Å². The van der Waals surface area contributed by atoms with Crippen LogP contribution in [0.25, 0.3) is 0 Å². The first-order valence-corrected chi connectivity index (χ1v) is 6.69. The second-order valence-electron chi connectivity index (χ2n) is 4.84. The molecule has 1 aromatic carbocycles. The zero-order chi connectivity index (χ0) is 13.9. The molecule has 1 atom stereocenters. The lowest BCUT2D eigenvalue weighted by atomic mass is 10.0. The zero-order valence-corrected chi connectivity index (χ0v) is 12.2. The SMILES string of the molecule is Cl.Fc1cccc(F)c1[C@H](c1ccco1)N1CCNCC1. The van der Waals surface area contributed by atoms with Gasteiger partial charge in [0.15, 0.2) is 0 Å². The molecule has 0 bridgehead atoms. The molecule has 1 aliphatic rings. The molecule has 1 aromatic heterocycles. The molecule has 0 spiro atoms. The smallest absolute Gasteiger partial charge is 0.131 e. The summed E-state index contributed by atoms with van der Waals surface area (Å²) in [6.07, 6.45) is 1.53. The van der Waals surface area contributed by atoms with Gasteiger partial charge in [0.25, 0.3) is 0 Å². The van der Waals surface area contributed by atoms with Crippen LogP contribution in [0.2, 0.25) is 0 Å². The monoisotopic (exact) mass is 314 g/mol. The second kappa shape index (κ2) is 7.02. The molecule has 1 saturated heterocycles. The van der Waals surface area contributed by atoms with Gasteiger partial charge in [0, 0.05) is 31.7 Å². The van der Waals surface area contributed by atoms with Gasteiger partial charge in [-0.25, -0.2) is 8.78 Å². The number of nitrogens with zero attached hydrogens (tertiary/aromatic N) is 1. The fourth-order valence-corrected chi connectivity index (χ4v) is 2.66. The van der Waals surface area contributed by atoms with E-state index in [1.165, 1.54) is 24.5 Å². The maximum atomic E-state index is 14.1. The van der Waals surface area contributed by atoms with Gasteiger partial charge in [-0.2, -0.15) is 0 Å². The van der Waals surface area contributed by atoms with Crippen LogP contribution in [-0.4, -0.2) is 31.1 Å². The first kappa shape index (κ1) is 15.9. The van der Waals surface area contributed by atoms with E-state index in [0.29, 0.717) is 5.76 Å². The third-order valence-electron chi connectivity index (χ3n) is 3.60. The van der Waals surface area contributed by atoms with E-state index in [4.69, 9.17) is 4.42 Å². The number of benzene rings is 1. The average Bonchev–Trinajstić information content (AvgIpc) is 2.98. The molecule has 2 aromatic rings. The van der Waals surface area contributed by atoms with E-state index in [2.05, 4.69) is 5.32 Å². The molecule has 1 fully saturated rings. The van der Waals surface area contributed by atoms with E-state index < -0.39 is 17.7 Å². The summed E-state index contributed by atoms with van der Waals surface area (Å²) in [5.74, 6) is -0.509. The lowest BCUT2D eigenvalue weighted by Crippen LogP contribution is -2.45. The molecule has 0 unspecified atom stereocenters. The highest BCUT2D eigenvalue weighted by Gasteiger charge is 2.30. The Bertz CT molecular complexity index is 551. The summed E-state index contributed by atoms with van der Waals surface area (Å²) in [5.41, 5.74) is 0.0596. The fourth-order valence-electron chi connectivity index (χ4n) is 2.66. The van der Waals surface area contributed by atoms with Gasteiger partial charge in [-0.05, 0) is 24.3 Å². The standard InChI is InChI=1S/C15H16F2N2O.ClH/c16-11-3-1-4-12(17)14(11)15(13-5-2-10-20-13)19-8-6-18-7-9-19;/h1-5,10,15,18H,6-9H2;1H/t15-;/m0./s1. The summed E-state index contributed by atoms with van der Waals surface area (Å²) in [7, 11) is 0. The molecule has 1 aliphatic heterocycles. The number of hydrogen-bond donors (Lipinski definition) is 1. The molecule has 6 heteroatoms. The van der Waals surface area contributed by atoms with Gasteiger partial charge in [0.1, 0.15) is 17.4 Å². The average molecular weight is 315 g/mol. The van der Waals surface area contributed by atoms with Crippen LogP contribution in [0.1, 0.15) is 17.4 Å². The molecule has 1 N–H and O–H groups in total. The molecular weight excluding hydrogens is 298 g/mol. The predicted octanol–water partition coefficient (Wildman–Crippen LogP) is 2.97. The molecular formula is C15H17ClF2N2O. The number of rotatable bonds is 3. The van der Waals surface area contributed by atoms with Crippen molar-refractivity contribution in [3.63, 3.8) is 0 Å². The van der Waals surface area contributed by atoms with E-state index in [1.807, 2.05) is 4.90 Å². The highest BCUT2D eigenvalue weighted by Crippen LogP contribution is 2.32. The second-order valence-corrected chi connectivity index (χ2v) is 4.84. The molecule has 3 nitrogen and oxygen atoms in total. The molecule has 0 aliphatic carbocycles. The largest absolute Gasteiger partial charge is 0.467 e. The van der Waals surface area contributed by atoms with E-state index in [0.717, 1.165) is 26.2 Å². The van der Waals surface area contributed by atoms with E-state index in [1.54, 1.807) is 12.1 Å². The van der Waals surface area contributed by atoms with Crippen molar-refractivity contribution < 1.29 is 13.2 Å². The predicted molar refractivity (Wildman–Crippen MR) is 78.6 cm³/mol. The summed E-state index contributed by atoms with van der Waals surface area (Å²) >= 11 is 0. The lowest BCUT2D eigenvalue weighted by molar-refractivity contribution is 0.173. The summed E-state index contributed by atoms with van der Waals surface area (Å²) in [6.45, 7) is 3.04. The molecule has 3 rings (SSSR count). The maximum Gasteiger partial charge on any atom is 0.131 e. The number of furan rings is 1. The first-order chi connectivity index (χ1) is 9.77. The normalized spacial score (nSPS) is 17.2. The number of piperazine rings is 1. The zero-order valence-electron chi connectivity index (χ0n) is 11.4. The summed E-state index contributed by atoms with van der Waals surface area (Å²) in [4.78, 5) is 2.04. The molecule has 0 amide bonds. The van der Waals surface area contributed by atoms with Gasteiger partial charge in [0.2, 0.25) is 0 Å². The summed E-state index contributed by atoms with van der Waals surface area (Å²) in [5, 5.41) is 3.24. The Hall–Kier alpha value is -1.43. The van der Waals surface area contributed by atoms with Crippen molar-refractivity contribution in [2.75, 3.05) is 26.2 Å². The van der Waals surface area contributed by atoms with Crippen LogP contribution >= 0.6 is 12.4 Å². The number of hydrogen-bond acceptors (Lipinski definition) is 3. The quantitative estimate of drug-likeness (QED) is 0.944. The Morgan fingerprint density at radius 3 is 2.29 bits per heavy atom. The minimum atomic E-state index is -0.537. The molecule has 21 heavy (non-hydrogen) atoms. The first-order valence-electron chi connectivity index (χ1n) is 6.69. The Morgan fingerprint density at radius 2 is 1.71 bits per heavy atom. The van der Waals surface area contributed by atoms with Gasteiger partial charge >= 0.3 is 0 Å². The minimum absolute atomic E-state index is 0. The molecule has 0 radical (unpaired) electrons. The van der Waals surface area contributed by atoms with Crippen molar-refractivity contribution in [1.29, 1.82) is 0 Å². The fraction of sp³-hybridized carbons (Fsp3) is 0.333. The lowest BCUT2D eigenvalue weighted by Gasteiger charge is -2.34. The highest BCUT2D eigenvalue weighted by atomic mass is 35.5. The maximum absolute atomic E-state index is 14.1. The van der Waals surface area contributed by atoms with Crippen molar-refractivity contribution in [2.24, 2.45) is 0 Å². The topological polar surface area (TPSA) is 28.4 Å². The number of nitrogens with one attached hydrogen (secondary N) is 1. The van der Waals surface area contributed by atoms with Crippen molar-refractivity contribution in [3.8, 4) is 0 Å². The van der Waals surface area contributed by atoms with Crippen molar-refractivity contribution in [3.05, 3.63) is 59.6 Å². The van der Waals surface area contributed by atoms with Crippen LogP contribution in [0.5, 0.6) is 0 Å². The Morgan fingerprint density at radius 1 is 1.05 bits per heavy atom. The van der Waals surface area contributed by atoms with Crippen LogP contribution in [-0.2, 0) is 0 Å². The highest BCUT2D eigenvalue weighted by molar-refractivity contribution is 5.85. The van der Waals surface area contributed by atoms with Gasteiger partial charge in [-0.15, -0.1) is 12.4 Å². The van der Waals surface area contributed by atoms with Gasteiger partial charge in [-0.3, -0.25) is 4.90 Å². The summed E-state index contributed by atoms with van der Waals surface area (Å²) in [6, 6.07) is 6.94. The Balaban J connectivity index is 0.00000161. The third kappa shape index (κ3) is 3.26. The molecule has 0 saturated carbocycles. The Kier molecular flexibility index (Phi) is 5.33. The van der Waals surface area contributed by atoms with Crippen molar-refractivity contribution in [2.45, 2.75) is 6.04 Å². The van der Waals surface area contributed by atoms with Crippen LogP contribution < -0.4 is 5.32 Å². The minimum Gasteiger partial charge on any atom is -0.467 e. The van der Waals surface area contributed by atoms with Crippen LogP contribution in [0.4, 0.5) is 8.78 Å². The van der Waals surface area contributed by atoms with Gasteiger partial charge in [0.05, 0.1) is 12.3 Å². The van der Waals surface area contributed by atoms with Crippen LogP contribution in [0, 0.1) is 11.6 Å². The number of halogens is 3. The van der Waals surface area contributed by atoms with Crippen molar-refractivity contribution >= 4 is 12.4 Å².